The lowest BCUT2D eigenvalue weighted by molar-refractivity contribution is -0.123. The van der Waals surface area contributed by atoms with E-state index in [-0.39, 0.29) is 12.5 Å². The van der Waals surface area contributed by atoms with Crippen molar-refractivity contribution >= 4 is 35.1 Å². The molecular weight excluding hydrogens is 396 g/mol. The fourth-order valence-electron chi connectivity index (χ4n) is 2.49. The Kier molecular flexibility index (Phi) is 7.93. The van der Waals surface area contributed by atoms with E-state index in [1.807, 2.05) is 72.8 Å². The maximum Gasteiger partial charge on any atom is 0.258 e. The van der Waals surface area contributed by atoms with Crippen molar-refractivity contribution in [3.63, 3.8) is 0 Å². The van der Waals surface area contributed by atoms with Crippen LogP contribution < -0.4 is 20.8 Å². The highest BCUT2D eigenvalue weighted by Crippen LogP contribution is 2.11. The van der Waals surface area contributed by atoms with Crippen molar-refractivity contribution in [3.8, 4) is 5.75 Å². The summed E-state index contributed by atoms with van der Waals surface area (Å²) >= 11 is 5.19. The zero-order chi connectivity index (χ0) is 21.0. The second kappa shape index (κ2) is 11.3. The Morgan fingerprint density at radius 1 is 0.933 bits per heavy atom. The highest BCUT2D eigenvalue weighted by atomic mass is 32.1. The van der Waals surface area contributed by atoms with Crippen LogP contribution in [0.15, 0.2) is 90.0 Å². The van der Waals surface area contributed by atoms with Gasteiger partial charge in [-0.2, -0.15) is 5.10 Å². The monoisotopic (exact) mass is 418 g/mol. The van der Waals surface area contributed by atoms with Crippen LogP contribution in [0.4, 0.5) is 5.69 Å². The van der Waals surface area contributed by atoms with Crippen LogP contribution in [-0.4, -0.2) is 23.8 Å². The van der Waals surface area contributed by atoms with Gasteiger partial charge >= 0.3 is 0 Å². The van der Waals surface area contributed by atoms with Crippen LogP contribution in [0.25, 0.3) is 0 Å². The Labute approximate surface area is 181 Å². The predicted octanol–water partition coefficient (Wildman–Crippen LogP) is 3.70. The summed E-state index contributed by atoms with van der Waals surface area (Å²) in [5.41, 5.74) is 5.57. The number of nitrogens with one attached hydrogen (secondary N) is 3. The minimum absolute atomic E-state index is 0.0404. The number of rotatable bonds is 8. The number of para-hydroxylation sites is 1. The summed E-state index contributed by atoms with van der Waals surface area (Å²) in [6.45, 7) is 0.438. The smallest absolute Gasteiger partial charge is 0.258 e. The molecule has 0 bridgehead atoms. The number of amides is 1. The Hall–Kier alpha value is -3.71. The van der Waals surface area contributed by atoms with Crippen molar-refractivity contribution in [2.45, 2.75) is 6.54 Å². The van der Waals surface area contributed by atoms with Crippen molar-refractivity contribution in [1.82, 2.24) is 10.7 Å². The van der Waals surface area contributed by atoms with Gasteiger partial charge in [-0.1, -0.05) is 48.5 Å². The van der Waals surface area contributed by atoms with Crippen LogP contribution in [0.5, 0.6) is 5.75 Å². The maximum atomic E-state index is 11.9. The van der Waals surface area contributed by atoms with Crippen LogP contribution >= 0.6 is 12.2 Å². The van der Waals surface area contributed by atoms with E-state index in [2.05, 4.69) is 21.2 Å². The number of ether oxygens (including phenoxy) is 1. The average molecular weight is 419 g/mol. The molecule has 152 valence electrons. The molecule has 0 heterocycles. The number of hydrogen-bond donors (Lipinski definition) is 3. The maximum absolute atomic E-state index is 11.9. The number of benzene rings is 3. The SMILES string of the molecule is O=C(COc1ccc(/C=N\NC(=S)Nc2ccccc2)cc1)NCc1ccccc1. The molecule has 3 rings (SSSR count). The van der Waals surface area contributed by atoms with Gasteiger partial charge in [0.05, 0.1) is 6.21 Å². The van der Waals surface area contributed by atoms with E-state index in [4.69, 9.17) is 17.0 Å². The first-order valence-electron chi connectivity index (χ1n) is 9.37. The topological polar surface area (TPSA) is 74.8 Å². The first-order valence-corrected chi connectivity index (χ1v) is 9.78. The van der Waals surface area contributed by atoms with E-state index in [1.165, 1.54) is 0 Å². The number of carbonyl (C=O) groups excluding carboxylic acids is 1. The molecule has 0 atom stereocenters. The Morgan fingerprint density at radius 3 is 2.30 bits per heavy atom. The van der Waals surface area contributed by atoms with Crippen LogP contribution in [-0.2, 0) is 11.3 Å². The highest BCUT2D eigenvalue weighted by molar-refractivity contribution is 7.80. The lowest BCUT2D eigenvalue weighted by atomic mass is 10.2. The minimum atomic E-state index is -0.173. The molecule has 3 aromatic carbocycles. The third kappa shape index (κ3) is 7.37. The summed E-state index contributed by atoms with van der Waals surface area (Å²) in [6.07, 6.45) is 1.65. The molecule has 0 fully saturated rings. The van der Waals surface area contributed by atoms with E-state index in [0.29, 0.717) is 17.4 Å². The minimum Gasteiger partial charge on any atom is -0.484 e. The van der Waals surface area contributed by atoms with Crippen LogP contribution in [0, 0.1) is 0 Å². The number of carbonyl (C=O) groups is 1. The molecule has 3 aromatic rings. The Bertz CT molecular complexity index is 977. The third-order valence-electron chi connectivity index (χ3n) is 3.99. The van der Waals surface area contributed by atoms with Crippen molar-refractivity contribution < 1.29 is 9.53 Å². The fraction of sp³-hybridized carbons (Fsp3) is 0.0870. The van der Waals surface area contributed by atoms with Gasteiger partial charge in [0.2, 0.25) is 0 Å². The summed E-state index contributed by atoms with van der Waals surface area (Å²) < 4.78 is 5.52. The van der Waals surface area contributed by atoms with Gasteiger partial charge in [-0.25, -0.2) is 0 Å². The number of thiocarbonyl (C=S) groups is 1. The second-order valence-electron chi connectivity index (χ2n) is 6.31. The number of nitrogens with zero attached hydrogens (tertiary/aromatic N) is 1. The average Bonchev–Trinajstić information content (AvgIpc) is 2.78. The second-order valence-corrected chi connectivity index (χ2v) is 6.72. The lowest BCUT2D eigenvalue weighted by Crippen LogP contribution is -2.28. The van der Waals surface area contributed by atoms with E-state index < -0.39 is 0 Å². The predicted molar refractivity (Wildman–Crippen MR) is 124 cm³/mol. The van der Waals surface area contributed by atoms with Gasteiger partial charge in [-0.05, 0) is 59.7 Å². The molecule has 7 heteroatoms. The molecule has 6 nitrogen and oxygen atoms in total. The summed E-state index contributed by atoms with van der Waals surface area (Å²) in [6, 6.07) is 26.6. The van der Waals surface area contributed by atoms with Gasteiger partial charge in [0.1, 0.15) is 5.75 Å². The molecule has 0 aliphatic carbocycles. The highest BCUT2D eigenvalue weighted by Gasteiger charge is 2.03. The molecular formula is C23H22N4O2S. The fourth-order valence-corrected chi connectivity index (χ4v) is 2.66. The van der Waals surface area contributed by atoms with E-state index >= 15 is 0 Å². The van der Waals surface area contributed by atoms with Gasteiger partial charge in [-0.15, -0.1) is 0 Å². The van der Waals surface area contributed by atoms with Crippen LogP contribution in [0.2, 0.25) is 0 Å². The first-order chi connectivity index (χ1) is 14.7. The molecule has 0 saturated carbocycles. The molecule has 0 aliphatic heterocycles. The molecule has 0 unspecified atom stereocenters. The number of anilines is 1. The molecule has 0 spiro atoms. The Balaban J connectivity index is 1.38. The van der Waals surface area contributed by atoms with Crippen molar-refractivity contribution in [2.24, 2.45) is 5.10 Å². The molecule has 3 N–H and O–H groups in total. The van der Waals surface area contributed by atoms with Gasteiger partial charge < -0.3 is 15.4 Å². The summed E-state index contributed by atoms with van der Waals surface area (Å²) in [7, 11) is 0. The largest absolute Gasteiger partial charge is 0.484 e. The van der Waals surface area contributed by atoms with Crippen LogP contribution in [0.1, 0.15) is 11.1 Å². The van der Waals surface area contributed by atoms with E-state index in [1.54, 1.807) is 18.3 Å². The molecule has 1 amide bonds. The third-order valence-corrected chi connectivity index (χ3v) is 4.19. The van der Waals surface area contributed by atoms with Gasteiger partial charge in [0.15, 0.2) is 11.7 Å². The van der Waals surface area contributed by atoms with Crippen molar-refractivity contribution in [2.75, 3.05) is 11.9 Å². The van der Waals surface area contributed by atoms with Crippen LogP contribution in [0.3, 0.4) is 0 Å². The van der Waals surface area contributed by atoms with E-state index in [9.17, 15) is 4.79 Å². The van der Waals surface area contributed by atoms with Gasteiger partial charge in [0, 0.05) is 12.2 Å². The molecule has 30 heavy (non-hydrogen) atoms. The zero-order valence-electron chi connectivity index (χ0n) is 16.2. The Morgan fingerprint density at radius 2 is 1.60 bits per heavy atom. The molecule has 0 aliphatic rings. The van der Waals surface area contributed by atoms with Gasteiger partial charge in [0.25, 0.3) is 5.91 Å². The first kappa shape index (κ1) is 21.0. The number of hydrogen-bond acceptors (Lipinski definition) is 4. The normalized spacial score (nSPS) is 10.4. The standard InChI is InChI=1S/C23H22N4O2S/c28-22(24-15-18-7-3-1-4-8-18)17-29-21-13-11-19(12-14-21)16-25-27-23(30)26-20-9-5-2-6-10-20/h1-14,16H,15,17H2,(H,24,28)(H2,26,27,30)/b25-16-. The zero-order valence-corrected chi connectivity index (χ0v) is 17.1. The van der Waals surface area contributed by atoms with Crippen molar-refractivity contribution in [1.29, 1.82) is 0 Å². The van der Waals surface area contributed by atoms with E-state index in [0.717, 1.165) is 16.8 Å². The lowest BCUT2D eigenvalue weighted by Gasteiger charge is -2.08. The summed E-state index contributed by atoms with van der Waals surface area (Å²) in [5, 5.41) is 10.4. The molecule has 0 aromatic heterocycles. The van der Waals surface area contributed by atoms with Crippen molar-refractivity contribution in [3.05, 3.63) is 96.1 Å². The van der Waals surface area contributed by atoms with Gasteiger partial charge in [-0.3, -0.25) is 10.2 Å². The summed E-state index contributed by atoms with van der Waals surface area (Å²) in [5.74, 6) is 0.435. The summed E-state index contributed by atoms with van der Waals surface area (Å²) in [4.78, 5) is 11.9. The molecule has 0 saturated heterocycles. The quantitative estimate of drug-likeness (QED) is 0.295. The molecule has 0 radical (unpaired) electrons. The number of hydrazone groups is 1.